The normalized spacial score (nSPS) is 15.9. The molecule has 0 aliphatic carbocycles. The lowest BCUT2D eigenvalue weighted by Gasteiger charge is -2.40. The first-order chi connectivity index (χ1) is 22.5. The molecular weight excluding hydrogens is 592 g/mol. The van der Waals surface area contributed by atoms with E-state index in [1.807, 2.05) is 107 Å². The summed E-state index contributed by atoms with van der Waals surface area (Å²) in [4.78, 5) is 43.5. The average molecular weight is 643 g/mol. The lowest BCUT2D eigenvalue weighted by atomic mass is 9.92. The topological polar surface area (TPSA) is 111 Å². The SMILES string of the molecule is Cc1cccc(C)c1OCC(=O)N[C@@H](Cc1ccccc1)[C@@H](O)C[C@H](Cc1ccccc1)NC(=O)[C@H](C(C)C)N1CCCN(C)C1=O. The van der Waals surface area contributed by atoms with Gasteiger partial charge in [0.25, 0.3) is 5.91 Å². The van der Waals surface area contributed by atoms with Gasteiger partial charge in [-0.25, -0.2) is 4.79 Å². The minimum absolute atomic E-state index is 0.116. The fourth-order valence-corrected chi connectivity index (χ4v) is 6.35. The van der Waals surface area contributed by atoms with Crippen molar-refractivity contribution in [3.05, 3.63) is 101 Å². The zero-order valence-electron chi connectivity index (χ0n) is 28.3. The molecular formula is C38H50N4O5. The summed E-state index contributed by atoms with van der Waals surface area (Å²) < 4.78 is 5.91. The number of benzene rings is 3. The summed E-state index contributed by atoms with van der Waals surface area (Å²) in [5.41, 5.74) is 3.85. The van der Waals surface area contributed by atoms with Gasteiger partial charge in [-0.3, -0.25) is 9.59 Å². The van der Waals surface area contributed by atoms with Crippen LogP contribution in [0.4, 0.5) is 4.79 Å². The highest BCUT2D eigenvalue weighted by Crippen LogP contribution is 2.23. The van der Waals surface area contributed by atoms with Crippen LogP contribution in [0.1, 0.15) is 48.9 Å². The number of carbonyl (C=O) groups excluding carboxylic acids is 3. The van der Waals surface area contributed by atoms with E-state index in [0.29, 0.717) is 31.7 Å². The van der Waals surface area contributed by atoms with Gasteiger partial charge in [0.2, 0.25) is 5.91 Å². The zero-order chi connectivity index (χ0) is 33.9. The van der Waals surface area contributed by atoms with Crippen molar-refractivity contribution in [3.8, 4) is 5.75 Å². The third-order valence-electron chi connectivity index (χ3n) is 8.76. The maximum absolute atomic E-state index is 13.9. The summed E-state index contributed by atoms with van der Waals surface area (Å²) in [5, 5.41) is 18.0. The summed E-state index contributed by atoms with van der Waals surface area (Å²) in [6, 6.07) is 23.4. The molecule has 3 N–H and O–H groups in total. The standard InChI is InChI=1S/C38H50N4O5/c1-26(2)35(42-21-13-20-41(5)38(42)46)37(45)39-31(22-29-16-8-6-9-17-29)24-33(43)32(23-30-18-10-7-11-19-30)40-34(44)25-47-36-27(3)14-12-15-28(36)4/h6-12,14-19,26,31-33,35,43H,13,20-25H2,1-5H3,(H,39,45)(H,40,44)/t31-,32-,33-,35-/m0/s1. The quantitative estimate of drug-likeness (QED) is 0.223. The van der Waals surface area contributed by atoms with E-state index in [4.69, 9.17) is 4.74 Å². The number of nitrogens with one attached hydrogen (secondary N) is 2. The first-order valence-corrected chi connectivity index (χ1v) is 16.6. The molecule has 0 aromatic heterocycles. The Hall–Kier alpha value is -4.37. The van der Waals surface area contributed by atoms with Gasteiger partial charge in [-0.1, -0.05) is 92.7 Å². The Balaban J connectivity index is 1.53. The van der Waals surface area contributed by atoms with Gasteiger partial charge < -0.3 is 30.3 Å². The van der Waals surface area contributed by atoms with Gasteiger partial charge in [-0.05, 0) is 67.7 Å². The van der Waals surface area contributed by atoms with E-state index in [2.05, 4.69) is 10.6 Å². The second-order valence-corrected chi connectivity index (χ2v) is 13.0. The molecule has 47 heavy (non-hydrogen) atoms. The van der Waals surface area contributed by atoms with Crippen molar-refractivity contribution in [2.75, 3.05) is 26.7 Å². The minimum Gasteiger partial charge on any atom is -0.483 e. The number of aryl methyl sites for hydroxylation is 2. The monoisotopic (exact) mass is 642 g/mol. The average Bonchev–Trinajstić information content (AvgIpc) is 3.03. The third-order valence-corrected chi connectivity index (χ3v) is 8.76. The molecule has 1 aliphatic heterocycles. The number of aliphatic hydroxyl groups excluding tert-OH is 1. The maximum atomic E-state index is 13.9. The molecule has 1 heterocycles. The van der Waals surface area contributed by atoms with Crippen molar-refractivity contribution in [2.24, 2.45) is 5.92 Å². The molecule has 4 atom stereocenters. The van der Waals surface area contributed by atoms with E-state index in [-0.39, 0.29) is 36.8 Å². The van der Waals surface area contributed by atoms with Gasteiger partial charge in [0.15, 0.2) is 6.61 Å². The second-order valence-electron chi connectivity index (χ2n) is 13.0. The number of nitrogens with zero attached hydrogens (tertiary/aromatic N) is 2. The summed E-state index contributed by atoms with van der Waals surface area (Å²) in [6.45, 7) is 8.75. The molecule has 1 fully saturated rings. The lowest BCUT2D eigenvalue weighted by Crippen LogP contribution is -2.59. The van der Waals surface area contributed by atoms with E-state index in [9.17, 15) is 19.5 Å². The van der Waals surface area contributed by atoms with E-state index in [1.54, 1.807) is 16.8 Å². The highest BCUT2D eigenvalue weighted by Gasteiger charge is 2.37. The van der Waals surface area contributed by atoms with Crippen molar-refractivity contribution in [1.82, 2.24) is 20.4 Å². The van der Waals surface area contributed by atoms with Crippen LogP contribution in [-0.4, -0.2) is 83.7 Å². The van der Waals surface area contributed by atoms with Crippen LogP contribution in [0.15, 0.2) is 78.9 Å². The van der Waals surface area contributed by atoms with Crippen LogP contribution in [0.25, 0.3) is 0 Å². The number of hydrogen-bond acceptors (Lipinski definition) is 5. The number of rotatable bonds is 15. The minimum atomic E-state index is -0.992. The highest BCUT2D eigenvalue weighted by atomic mass is 16.5. The van der Waals surface area contributed by atoms with Crippen molar-refractivity contribution < 1.29 is 24.2 Å². The molecule has 0 bridgehead atoms. The van der Waals surface area contributed by atoms with Crippen molar-refractivity contribution in [3.63, 3.8) is 0 Å². The Bertz CT molecular complexity index is 1450. The Morgan fingerprint density at radius 3 is 2.04 bits per heavy atom. The number of ether oxygens (including phenoxy) is 1. The second kappa shape index (κ2) is 17.0. The van der Waals surface area contributed by atoms with Gasteiger partial charge >= 0.3 is 6.03 Å². The van der Waals surface area contributed by atoms with E-state index < -0.39 is 24.2 Å². The van der Waals surface area contributed by atoms with Crippen LogP contribution in [-0.2, 0) is 22.4 Å². The molecule has 4 amide bonds. The van der Waals surface area contributed by atoms with E-state index >= 15 is 0 Å². The molecule has 252 valence electrons. The number of urea groups is 1. The molecule has 0 radical (unpaired) electrons. The Morgan fingerprint density at radius 1 is 0.851 bits per heavy atom. The van der Waals surface area contributed by atoms with Crippen LogP contribution in [0.3, 0.4) is 0 Å². The summed E-state index contributed by atoms with van der Waals surface area (Å²) >= 11 is 0. The molecule has 9 nitrogen and oxygen atoms in total. The fourth-order valence-electron chi connectivity index (χ4n) is 6.35. The number of amides is 4. The van der Waals surface area contributed by atoms with E-state index in [1.165, 1.54) is 0 Å². The molecule has 0 unspecified atom stereocenters. The molecule has 9 heteroatoms. The number of carbonyl (C=O) groups is 3. The van der Waals surface area contributed by atoms with Crippen molar-refractivity contribution in [1.29, 1.82) is 0 Å². The van der Waals surface area contributed by atoms with Crippen molar-refractivity contribution in [2.45, 2.75) is 77.6 Å². The summed E-state index contributed by atoms with van der Waals surface area (Å²) in [7, 11) is 1.76. The van der Waals surface area contributed by atoms with Crippen LogP contribution >= 0.6 is 0 Å². The van der Waals surface area contributed by atoms with Crippen LogP contribution in [0.2, 0.25) is 0 Å². The van der Waals surface area contributed by atoms with E-state index in [0.717, 1.165) is 28.7 Å². The molecule has 3 aromatic carbocycles. The predicted molar refractivity (Wildman–Crippen MR) is 184 cm³/mol. The van der Waals surface area contributed by atoms with Gasteiger partial charge in [0.1, 0.15) is 11.8 Å². The maximum Gasteiger partial charge on any atom is 0.320 e. The smallest absolute Gasteiger partial charge is 0.320 e. The zero-order valence-corrected chi connectivity index (χ0v) is 28.3. The Kier molecular flexibility index (Phi) is 12.8. The molecule has 3 aromatic rings. The number of hydrogen-bond donors (Lipinski definition) is 3. The fraction of sp³-hybridized carbons (Fsp3) is 0.447. The summed E-state index contributed by atoms with van der Waals surface area (Å²) in [6.07, 6.45) is 0.859. The van der Waals surface area contributed by atoms with Crippen molar-refractivity contribution >= 4 is 17.8 Å². The van der Waals surface area contributed by atoms with Crippen LogP contribution in [0, 0.1) is 19.8 Å². The molecule has 0 spiro atoms. The molecule has 0 saturated carbocycles. The number of aliphatic hydroxyl groups is 1. The lowest BCUT2D eigenvalue weighted by molar-refractivity contribution is -0.129. The largest absolute Gasteiger partial charge is 0.483 e. The molecule has 1 aliphatic rings. The first-order valence-electron chi connectivity index (χ1n) is 16.6. The number of para-hydroxylation sites is 1. The molecule has 1 saturated heterocycles. The van der Waals surface area contributed by atoms with Gasteiger partial charge in [0, 0.05) is 26.2 Å². The Morgan fingerprint density at radius 2 is 1.45 bits per heavy atom. The third kappa shape index (κ3) is 10.1. The van der Waals surface area contributed by atoms with Gasteiger partial charge in [-0.15, -0.1) is 0 Å². The van der Waals surface area contributed by atoms with Gasteiger partial charge in [0.05, 0.1) is 12.1 Å². The summed E-state index contributed by atoms with van der Waals surface area (Å²) in [5.74, 6) is -0.0346. The van der Waals surface area contributed by atoms with Gasteiger partial charge in [-0.2, -0.15) is 0 Å². The van der Waals surface area contributed by atoms with Crippen LogP contribution in [0.5, 0.6) is 5.75 Å². The predicted octanol–water partition coefficient (Wildman–Crippen LogP) is 4.67. The molecule has 4 rings (SSSR count). The highest BCUT2D eigenvalue weighted by molar-refractivity contribution is 5.87. The Labute approximate surface area is 279 Å². The first kappa shape index (κ1) is 35.5. The van der Waals surface area contributed by atoms with Crippen LogP contribution < -0.4 is 15.4 Å².